The summed E-state index contributed by atoms with van der Waals surface area (Å²) in [5, 5.41) is 2.72. The molecule has 0 aliphatic carbocycles. The van der Waals surface area contributed by atoms with Crippen molar-refractivity contribution >= 4 is 27.3 Å². The predicted octanol–water partition coefficient (Wildman–Crippen LogP) is 3.32. The average Bonchev–Trinajstić information content (AvgIpc) is 2.79. The summed E-state index contributed by atoms with van der Waals surface area (Å²) in [4.78, 5) is 16.6. The smallest absolute Gasteiger partial charge is 0.266 e. The van der Waals surface area contributed by atoms with Crippen molar-refractivity contribution in [3.8, 4) is 11.5 Å². The van der Waals surface area contributed by atoms with Crippen LogP contribution in [0, 0.1) is 0 Å². The number of sulfonamides is 1. The minimum atomic E-state index is -4.03. The van der Waals surface area contributed by atoms with Gasteiger partial charge in [-0.1, -0.05) is 0 Å². The standard InChI is InChI=1S/C22H23N3O5S/c1-3-30-20-10-6-17(7-11-20)24-22(26)16-25(18-8-12-19(29-2)13-9-18)31(27,28)21-5-4-14-23-15-21/h4-15H,3,16H2,1-2H3,(H,24,26). The Morgan fingerprint density at radius 2 is 1.71 bits per heavy atom. The van der Waals surface area contributed by atoms with Crippen LogP contribution in [0.5, 0.6) is 11.5 Å². The number of methoxy groups -OCH3 is 1. The van der Waals surface area contributed by atoms with Gasteiger partial charge in [0.05, 0.1) is 19.4 Å². The van der Waals surface area contributed by atoms with Crippen molar-refractivity contribution in [3.05, 3.63) is 73.1 Å². The van der Waals surface area contributed by atoms with Gasteiger partial charge in [0.2, 0.25) is 5.91 Å². The molecule has 0 aliphatic rings. The van der Waals surface area contributed by atoms with Crippen molar-refractivity contribution in [2.45, 2.75) is 11.8 Å². The fourth-order valence-corrected chi connectivity index (χ4v) is 4.21. The Bertz CT molecular complexity index is 1100. The first-order chi connectivity index (χ1) is 14.9. The lowest BCUT2D eigenvalue weighted by molar-refractivity contribution is -0.114. The molecular formula is C22H23N3O5S. The number of nitrogens with one attached hydrogen (secondary N) is 1. The first-order valence-corrected chi connectivity index (χ1v) is 11.0. The number of nitrogens with zero attached hydrogens (tertiary/aromatic N) is 2. The highest BCUT2D eigenvalue weighted by Gasteiger charge is 2.27. The Balaban J connectivity index is 1.86. The van der Waals surface area contributed by atoms with Crippen LogP contribution in [0.1, 0.15) is 6.92 Å². The van der Waals surface area contributed by atoms with Crippen LogP contribution < -0.4 is 19.1 Å². The average molecular weight is 442 g/mol. The predicted molar refractivity (Wildman–Crippen MR) is 118 cm³/mol. The Morgan fingerprint density at radius 3 is 2.29 bits per heavy atom. The van der Waals surface area contributed by atoms with Crippen LogP contribution in [0.2, 0.25) is 0 Å². The molecule has 0 spiro atoms. The summed E-state index contributed by atoms with van der Waals surface area (Å²) in [6.45, 7) is 2.00. The Kier molecular flexibility index (Phi) is 7.09. The van der Waals surface area contributed by atoms with Gasteiger partial charge >= 0.3 is 0 Å². The van der Waals surface area contributed by atoms with Crippen LogP contribution >= 0.6 is 0 Å². The molecule has 1 aromatic heterocycles. The van der Waals surface area contributed by atoms with Crippen LogP contribution in [-0.4, -0.2) is 39.6 Å². The van der Waals surface area contributed by atoms with E-state index in [1.54, 1.807) is 48.5 Å². The molecule has 162 valence electrons. The SMILES string of the molecule is CCOc1ccc(NC(=O)CN(c2ccc(OC)cc2)S(=O)(=O)c2cccnc2)cc1. The van der Waals surface area contributed by atoms with Crippen LogP contribution in [0.15, 0.2) is 78.0 Å². The van der Waals surface area contributed by atoms with Gasteiger partial charge in [-0.2, -0.15) is 0 Å². The zero-order chi connectivity index (χ0) is 22.3. The van der Waals surface area contributed by atoms with Gasteiger partial charge in [-0.25, -0.2) is 8.42 Å². The van der Waals surface area contributed by atoms with E-state index >= 15 is 0 Å². The number of amides is 1. The maximum absolute atomic E-state index is 13.2. The molecule has 1 N–H and O–H groups in total. The molecule has 0 fully saturated rings. The molecule has 1 amide bonds. The second kappa shape index (κ2) is 9.94. The molecule has 0 saturated carbocycles. The first kappa shape index (κ1) is 22.1. The highest BCUT2D eigenvalue weighted by atomic mass is 32.2. The van der Waals surface area contributed by atoms with Crippen molar-refractivity contribution in [2.75, 3.05) is 29.9 Å². The number of hydrogen-bond donors (Lipinski definition) is 1. The second-order valence-corrected chi connectivity index (χ2v) is 8.27. The molecule has 0 aliphatic heterocycles. The zero-order valence-electron chi connectivity index (χ0n) is 17.2. The maximum Gasteiger partial charge on any atom is 0.266 e. The lowest BCUT2D eigenvalue weighted by Gasteiger charge is -2.24. The number of anilines is 2. The number of carbonyl (C=O) groups excluding carboxylic acids is 1. The van der Waals surface area contributed by atoms with E-state index < -0.39 is 22.5 Å². The minimum Gasteiger partial charge on any atom is -0.497 e. The second-order valence-electron chi connectivity index (χ2n) is 6.40. The van der Waals surface area contributed by atoms with Gasteiger partial charge < -0.3 is 14.8 Å². The maximum atomic E-state index is 13.2. The lowest BCUT2D eigenvalue weighted by atomic mass is 10.3. The zero-order valence-corrected chi connectivity index (χ0v) is 18.0. The number of benzene rings is 2. The summed E-state index contributed by atoms with van der Waals surface area (Å²) < 4.78 is 38.1. The number of rotatable bonds is 9. The van der Waals surface area contributed by atoms with E-state index in [0.717, 1.165) is 4.31 Å². The van der Waals surface area contributed by atoms with E-state index in [9.17, 15) is 13.2 Å². The molecule has 2 aromatic carbocycles. The summed E-state index contributed by atoms with van der Waals surface area (Å²) in [6.07, 6.45) is 2.73. The molecule has 0 radical (unpaired) electrons. The molecule has 8 nitrogen and oxygen atoms in total. The van der Waals surface area contributed by atoms with Gasteiger partial charge in [0, 0.05) is 18.1 Å². The third kappa shape index (κ3) is 5.52. The number of hydrogen-bond acceptors (Lipinski definition) is 6. The van der Waals surface area contributed by atoms with Gasteiger partial charge in [0.15, 0.2) is 0 Å². The molecule has 0 saturated heterocycles. The van der Waals surface area contributed by atoms with E-state index in [4.69, 9.17) is 9.47 Å². The summed E-state index contributed by atoms with van der Waals surface area (Å²) in [7, 11) is -2.51. The van der Waals surface area contributed by atoms with Crippen LogP contribution in [0.4, 0.5) is 11.4 Å². The fraction of sp³-hybridized carbons (Fsp3) is 0.182. The van der Waals surface area contributed by atoms with E-state index in [2.05, 4.69) is 10.3 Å². The third-order valence-electron chi connectivity index (χ3n) is 4.32. The molecule has 0 bridgehead atoms. The number of ether oxygens (including phenoxy) is 2. The van der Waals surface area contributed by atoms with Crippen LogP contribution in [0.3, 0.4) is 0 Å². The molecule has 0 atom stereocenters. The van der Waals surface area contributed by atoms with Gasteiger partial charge in [0.1, 0.15) is 22.9 Å². The third-order valence-corrected chi connectivity index (χ3v) is 6.08. The highest BCUT2D eigenvalue weighted by Crippen LogP contribution is 2.25. The van der Waals surface area contributed by atoms with Crippen molar-refractivity contribution in [2.24, 2.45) is 0 Å². The van der Waals surface area contributed by atoms with E-state index in [1.807, 2.05) is 6.92 Å². The van der Waals surface area contributed by atoms with Gasteiger partial charge in [-0.15, -0.1) is 0 Å². The largest absolute Gasteiger partial charge is 0.497 e. The van der Waals surface area contributed by atoms with Crippen LogP contribution in [0.25, 0.3) is 0 Å². The number of pyridine rings is 1. The minimum absolute atomic E-state index is 0.0142. The van der Waals surface area contributed by atoms with E-state index in [-0.39, 0.29) is 4.90 Å². The van der Waals surface area contributed by atoms with Gasteiger partial charge in [-0.05, 0) is 67.6 Å². The highest BCUT2D eigenvalue weighted by molar-refractivity contribution is 7.92. The van der Waals surface area contributed by atoms with Crippen molar-refractivity contribution in [1.29, 1.82) is 0 Å². The molecule has 9 heteroatoms. The Hall–Kier alpha value is -3.59. The summed E-state index contributed by atoms with van der Waals surface area (Å²) in [6, 6.07) is 16.2. The summed E-state index contributed by atoms with van der Waals surface area (Å²) in [5.74, 6) is 0.758. The number of aromatic nitrogens is 1. The molecule has 3 aromatic rings. The first-order valence-electron chi connectivity index (χ1n) is 9.53. The normalized spacial score (nSPS) is 10.9. The van der Waals surface area contributed by atoms with Crippen molar-refractivity contribution in [3.63, 3.8) is 0 Å². The topological polar surface area (TPSA) is 97.8 Å². The molecule has 3 rings (SSSR count). The monoisotopic (exact) mass is 441 g/mol. The summed E-state index contributed by atoms with van der Waals surface area (Å²) >= 11 is 0. The Morgan fingerprint density at radius 1 is 1.03 bits per heavy atom. The Labute approximate surface area is 181 Å². The van der Waals surface area contributed by atoms with Gasteiger partial charge in [0.25, 0.3) is 10.0 Å². The molecule has 31 heavy (non-hydrogen) atoms. The van der Waals surface area contributed by atoms with Crippen molar-refractivity contribution in [1.82, 2.24) is 4.98 Å². The lowest BCUT2D eigenvalue weighted by Crippen LogP contribution is -2.38. The molecule has 1 heterocycles. The summed E-state index contributed by atoms with van der Waals surface area (Å²) in [5.41, 5.74) is 0.855. The van der Waals surface area contributed by atoms with E-state index in [1.165, 1.54) is 31.6 Å². The fourth-order valence-electron chi connectivity index (χ4n) is 2.82. The van der Waals surface area contributed by atoms with Gasteiger partial charge in [-0.3, -0.25) is 14.1 Å². The molecule has 0 unspecified atom stereocenters. The van der Waals surface area contributed by atoms with Crippen molar-refractivity contribution < 1.29 is 22.7 Å². The van der Waals surface area contributed by atoms with E-state index in [0.29, 0.717) is 29.5 Å². The quantitative estimate of drug-likeness (QED) is 0.547. The van der Waals surface area contributed by atoms with Crippen LogP contribution in [-0.2, 0) is 14.8 Å². The molecular weight excluding hydrogens is 418 g/mol. The number of carbonyl (C=O) groups is 1.